The molecule has 1 unspecified atom stereocenters. The normalized spacial score (nSPS) is 12.2. The van der Waals surface area contributed by atoms with Crippen molar-refractivity contribution >= 4 is 12.1 Å². The molecule has 0 aromatic carbocycles. The van der Waals surface area contributed by atoms with Crippen molar-refractivity contribution in [3.05, 3.63) is 23.4 Å². The van der Waals surface area contributed by atoms with Crippen molar-refractivity contribution in [2.24, 2.45) is 0 Å². The molecule has 1 heterocycles. The van der Waals surface area contributed by atoms with Crippen LogP contribution < -0.4 is 4.90 Å². The molecule has 0 amide bonds. The lowest BCUT2D eigenvalue weighted by atomic mass is 10.1. The molecule has 0 N–H and O–H groups in total. The number of ether oxygens (including phenoxy) is 1. The van der Waals surface area contributed by atoms with Crippen molar-refractivity contribution in [3.63, 3.8) is 0 Å². The van der Waals surface area contributed by atoms with Gasteiger partial charge in [0.25, 0.3) is 0 Å². The van der Waals surface area contributed by atoms with Gasteiger partial charge >= 0.3 is 0 Å². The lowest BCUT2D eigenvalue weighted by Crippen LogP contribution is -2.36. The van der Waals surface area contributed by atoms with Gasteiger partial charge in [0.2, 0.25) is 0 Å². The topological polar surface area (TPSA) is 42.4 Å². The first-order valence-electron chi connectivity index (χ1n) is 6.31. The van der Waals surface area contributed by atoms with Crippen molar-refractivity contribution < 1.29 is 9.53 Å². The van der Waals surface area contributed by atoms with E-state index < -0.39 is 0 Å². The summed E-state index contributed by atoms with van der Waals surface area (Å²) in [4.78, 5) is 17.4. The Hall–Kier alpha value is -1.42. The van der Waals surface area contributed by atoms with Gasteiger partial charge in [-0.05, 0) is 31.9 Å². The number of anilines is 1. The van der Waals surface area contributed by atoms with Gasteiger partial charge in [0, 0.05) is 31.5 Å². The van der Waals surface area contributed by atoms with Gasteiger partial charge in [-0.15, -0.1) is 0 Å². The first kappa shape index (κ1) is 14.6. The minimum Gasteiger partial charge on any atom is -0.383 e. The zero-order valence-corrected chi connectivity index (χ0v) is 11.6. The Labute approximate surface area is 109 Å². The van der Waals surface area contributed by atoms with E-state index in [1.807, 2.05) is 13.0 Å². The molecular weight excluding hydrogens is 228 g/mol. The molecule has 0 fully saturated rings. The number of methoxy groups -OCH3 is 1. The largest absolute Gasteiger partial charge is 0.383 e. The summed E-state index contributed by atoms with van der Waals surface area (Å²) in [5, 5.41) is 0. The number of aryl methyl sites for hydroxylation is 1. The SMILES string of the molecule is CCC(C)N(CCOC)c1ncc(C=O)cc1C. The number of carbonyl (C=O) groups is 1. The first-order chi connectivity index (χ1) is 8.63. The molecule has 0 saturated carbocycles. The van der Waals surface area contributed by atoms with E-state index in [1.54, 1.807) is 13.3 Å². The molecule has 4 heteroatoms. The lowest BCUT2D eigenvalue weighted by molar-refractivity contribution is 0.112. The summed E-state index contributed by atoms with van der Waals surface area (Å²) in [7, 11) is 1.70. The maximum atomic E-state index is 10.7. The van der Waals surface area contributed by atoms with Crippen LogP contribution in [0, 0.1) is 6.92 Å². The molecule has 100 valence electrons. The molecule has 0 aliphatic carbocycles. The van der Waals surface area contributed by atoms with Crippen LogP contribution in [0.3, 0.4) is 0 Å². The van der Waals surface area contributed by atoms with Gasteiger partial charge in [0.1, 0.15) is 5.82 Å². The standard InChI is InChI=1S/C14H22N2O2/c1-5-12(3)16(6-7-18-4)14-11(2)8-13(10-17)9-15-14/h8-10,12H,5-7H2,1-4H3. The predicted octanol–water partition coefficient (Wildman–Crippen LogP) is 2.45. The van der Waals surface area contributed by atoms with E-state index in [0.29, 0.717) is 18.2 Å². The molecule has 0 bridgehead atoms. The third kappa shape index (κ3) is 3.53. The molecule has 0 aliphatic rings. The average Bonchev–Trinajstić information content (AvgIpc) is 2.39. The third-order valence-electron chi connectivity index (χ3n) is 3.14. The van der Waals surface area contributed by atoms with E-state index in [0.717, 1.165) is 30.6 Å². The Morgan fingerprint density at radius 2 is 2.28 bits per heavy atom. The highest BCUT2D eigenvalue weighted by molar-refractivity contribution is 5.75. The zero-order valence-electron chi connectivity index (χ0n) is 11.6. The number of aldehydes is 1. The van der Waals surface area contributed by atoms with E-state index in [2.05, 4.69) is 23.7 Å². The van der Waals surface area contributed by atoms with Crippen molar-refractivity contribution in [1.82, 2.24) is 4.98 Å². The lowest BCUT2D eigenvalue weighted by Gasteiger charge is -2.30. The zero-order chi connectivity index (χ0) is 13.5. The Balaban J connectivity index is 3.00. The Kier molecular flexibility index (Phi) is 5.78. The second kappa shape index (κ2) is 7.11. The molecule has 1 aromatic rings. The summed E-state index contributed by atoms with van der Waals surface area (Å²) in [5.41, 5.74) is 1.64. The van der Waals surface area contributed by atoms with Gasteiger partial charge in [-0.3, -0.25) is 4.79 Å². The summed E-state index contributed by atoms with van der Waals surface area (Å²) in [6.45, 7) is 7.78. The van der Waals surface area contributed by atoms with Crippen LogP contribution in [0.2, 0.25) is 0 Å². The Bertz CT molecular complexity index is 393. The van der Waals surface area contributed by atoms with E-state index in [9.17, 15) is 4.79 Å². The van der Waals surface area contributed by atoms with Gasteiger partial charge in [-0.25, -0.2) is 4.98 Å². The molecular formula is C14H22N2O2. The van der Waals surface area contributed by atoms with Crippen LogP contribution in [0.15, 0.2) is 12.3 Å². The van der Waals surface area contributed by atoms with Crippen LogP contribution in [0.5, 0.6) is 0 Å². The third-order valence-corrected chi connectivity index (χ3v) is 3.14. The number of pyridine rings is 1. The number of aromatic nitrogens is 1. The summed E-state index contributed by atoms with van der Waals surface area (Å²) in [5.74, 6) is 0.937. The number of carbonyl (C=O) groups excluding carboxylic acids is 1. The van der Waals surface area contributed by atoms with Gasteiger partial charge in [0.05, 0.1) is 6.61 Å². The van der Waals surface area contributed by atoms with Crippen LogP contribution in [0.1, 0.15) is 36.2 Å². The van der Waals surface area contributed by atoms with Crippen molar-refractivity contribution in [2.75, 3.05) is 25.2 Å². The van der Waals surface area contributed by atoms with Gasteiger partial charge in [-0.2, -0.15) is 0 Å². The number of nitrogens with zero attached hydrogens (tertiary/aromatic N) is 2. The highest BCUT2D eigenvalue weighted by Crippen LogP contribution is 2.20. The second-order valence-electron chi connectivity index (χ2n) is 4.47. The minimum atomic E-state index is 0.397. The molecule has 0 spiro atoms. The number of rotatable bonds is 7. The summed E-state index contributed by atoms with van der Waals surface area (Å²) < 4.78 is 5.15. The maximum absolute atomic E-state index is 10.7. The smallest absolute Gasteiger partial charge is 0.151 e. The minimum absolute atomic E-state index is 0.397. The maximum Gasteiger partial charge on any atom is 0.151 e. The summed E-state index contributed by atoms with van der Waals surface area (Å²) in [6, 6.07) is 2.27. The predicted molar refractivity (Wildman–Crippen MR) is 73.3 cm³/mol. The number of hydrogen-bond donors (Lipinski definition) is 0. The van der Waals surface area contributed by atoms with Crippen LogP contribution in [0.4, 0.5) is 5.82 Å². The van der Waals surface area contributed by atoms with Gasteiger partial charge < -0.3 is 9.64 Å². The average molecular weight is 250 g/mol. The highest BCUT2D eigenvalue weighted by atomic mass is 16.5. The van der Waals surface area contributed by atoms with E-state index in [-0.39, 0.29) is 0 Å². The summed E-state index contributed by atoms with van der Waals surface area (Å²) in [6.07, 6.45) is 3.49. The van der Waals surface area contributed by atoms with Crippen molar-refractivity contribution in [3.8, 4) is 0 Å². The van der Waals surface area contributed by atoms with Gasteiger partial charge in [-0.1, -0.05) is 6.92 Å². The van der Waals surface area contributed by atoms with E-state index >= 15 is 0 Å². The van der Waals surface area contributed by atoms with Crippen molar-refractivity contribution in [1.29, 1.82) is 0 Å². The molecule has 0 aliphatic heterocycles. The van der Waals surface area contributed by atoms with Crippen LogP contribution in [0.25, 0.3) is 0 Å². The van der Waals surface area contributed by atoms with Crippen LogP contribution >= 0.6 is 0 Å². The molecule has 4 nitrogen and oxygen atoms in total. The number of hydrogen-bond acceptors (Lipinski definition) is 4. The monoisotopic (exact) mass is 250 g/mol. The Morgan fingerprint density at radius 3 is 2.78 bits per heavy atom. The van der Waals surface area contributed by atoms with E-state index in [4.69, 9.17) is 4.74 Å². The van der Waals surface area contributed by atoms with E-state index in [1.165, 1.54) is 0 Å². The fraction of sp³-hybridized carbons (Fsp3) is 0.571. The molecule has 0 radical (unpaired) electrons. The molecule has 1 atom stereocenters. The fourth-order valence-electron chi connectivity index (χ4n) is 1.90. The second-order valence-corrected chi connectivity index (χ2v) is 4.47. The van der Waals surface area contributed by atoms with Gasteiger partial charge in [0.15, 0.2) is 6.29 Å². The fourth-order valence-corrected chi connectivity index (χ4v) is 1.90. The molecule has 1 aromatic heterocycles. The molecule has 0 saturated heterocycles. The molecule has 1 rings (SSSR count). The Morgan fingerprint density at radius 1 is 1.56 bits per heavy atom. The van der Waals surface area contributed by atoms with Crippen LogP contribution in [-0.4, -0.2) is 37.6 Å². The summed E-state index contributed by atoms with van der Waals surface area (Å²) >= 11 is 0. The highest BCUT2D eigenvalue weighted by Gasteiger charge is 2.16. The van der Waals surface area contributed by atoms with Crippen LogP contribution in [-0.2, 0) is 4.74 Å². The van der Waals surface area contributed by atoms with Crippen molar-refractivity contribution in [2.45, 2.75) is 33.2 Å². The molecule has 18 heavy (non-hydrogen) atoms. The first-order valence-corrected chi connectivity index (χ1v) is 6.31. The quantitative estimate of drug-likeness (QED) is 0.697.